The molecule has 2 heterocycles. The Labute approximate surface area is 164 Å². The van der Waals surface area contributed by atoms with Crippen molar-refractivity contribution in [3.05, 3.63) is 71.7 Å². The van der Waals surface area contributed by atoms with Crippen LogP contribution in [0.25, 0.3) is 0 Å². The number of aromatic nitrogens is 3. The van der Waals surface area contributed by atoms with Gasteiger partial charge in [0.2, 0.25) is 16.0 Å². The minimum atomic E-state index is -3.66. The largest absolute Gasteiger partial charge is 0.366 e. The van der Waals surface area contributed by atoms with Gasteiger partial charge < -0.3 is 10.6 Å². The molecular weight excluding hydrogens is 376 g/mol. The number of anilines is 2. The fourth-order valence-electron chi connectivity index (χ4n) is 2.60. The molecule has 3 rings (SSSR count). The highest BCUT2D eigenvalue weighted by molar-refractivity contribution is 7.89. The Bertz CT molecular complexity index is 1020. The molecule has 0 aliphatic carbocycles. The first-order valence-electron chi connectivity index (χ1n) is 8.74. The van der Waals surface area contributed by atoms with Gasteiger partial charge in [-0.3, -0.25) is 4.98 Å². The molecule has 0 fully saturated rings. The number of primary sulfonamides is 1. The number of nitrogens with one attached hydrogen (secondary N) is 2. The number of pyridine rings is 1. The second-order valence-electron chi connectivity index (χ2n) is 6.29. The van der Waals surface area contributed by atoms with E-state index in [4.69, 9.17) is 5.14 Å². The van der Waals surface area contributed by atoms with Gasteiger partial charge in [0.1, 0.15) is 5.82 Å². The van der Waals surface area contributed by atoms with E-state index in [9.17, 15) is 8.42 Å². The zero-order valence-electron chi connectivity index (χ0n) is 15.5. The van der Waals surface area contributed by atoms with E-state index < -0.39 is 10.0 Å². The summed E-state index contributed by atoms with van der Waals surface area (Å²) in [5, 5.41) is 11.6. The van der Waals surface area contributed by atoms with Crippen LogP contribution >= 0.6 is 0 Å². The van der Waals surface area contributed by atoms with Crippen LogP contribution in [-0.2, 0) is 23.0 Å². The number of nitrogens with two attached hydrogens (primary N) is 1. The maximum atomic E-state index is 11.3. The van der Waals surface area contributed by atoms with Crippen LogP contribution in [0.15, 0.2) is 59.8 Å². The number of benzene rings is 1. The van der Waals surface area contributed by atoms with Crippen molar-refractivity contribution >= 4 is 21.8 Å². The van der Waals surface area contributed by atoms with Crippen molar-refractivity contribution in [2.24, 2.45) is 5.14 Å². The first-order valence-corrected chi connectivity index (χ1v) is 10.3. The molecule has 0 aliphatic heterocycles. The molecule has 0 spiro atoms. The number of aryl methyl sites for hydroxylation is 1. The van der Waals surface area contributed by atoms with Gasteiger partial charge in [-0.25, -0.2) is 18.5 Å². The molecule has 3 aromatic rings. The predicted octanol–water partition coefficient (Wildman–Crippen LogP) is 2.09. The van der Waals surface area contributed by atoms with Crippen LogP contribution in [-0.4, -0.2) is 29.9 Å². The topological polar surface area (TPSA) is 123 Å². The molecule has 0 saturated carbocycles. The van der Waals surface area contributed by atoms with Crippen molar-refractivity contribution in [1.82, 2.24) is 15.0 Å². The summed E-state index contributed by atoms with van der Waals surface area (Å²) in [6.07, 6.45) is 4.21. The van der Waals surface area contributed by atoms with Crippen LogP contribution in [0, 0.1) is 6.92 Å². The molecule has 0 atom stereocenters. The van der Waals surface area contributed by atoms with Crippen molar-refractivity contribution in [1.29, 1.82) is 0 Å². The molecule has 146 valence electrons. The summed E-state index contributed by atoms with van der Waals surface area (Å²) in [5.74, 6) is 1.28. The van der Waals surface area contributed by atoms with Gasteiger partial charge in [-0.2, -0.15) is 4.98 Å². The van der Waals surface area contributed by atoms with E-state index in [2.05, 4.69) is 25.6 Å². The van der Waals surface area contributed by atoms with Crippen molar-refractivity contribution < 1.29 is 8.42 Å². The van der Waals surface area contributed by atoms with Crippen LogP contribution in [0.3, 0.4) is 0 Å². The van der Waals surface area contributed by atoms with Crippen LogP contribution in [0.2, 0.25) is 0 Å². The number of rotatable bonds is 8. The van der Waals surface area contributed by atoms with Crippen molar-refractivity contribution in [3.8, 4) is 0 Å². The number of hydrogen-bond acceptors (Lipinski definition) is 7. The smallest absolute Gasteiger partial charge is 0.238 e. The molecular formula is C19H22N6O2S. The number of sulfonamides is 1. The Kier molecular flexibility index (Phi) is 6.17. The molecule has 0 unspecified atom stereocenters. The van der Waals surface area contributed by atoms with E-state index in [1.54, 1.807) is 24.5 Å². The van der Waals surface area contributed by atoms with Gasteiger partial charge in [-0.05, 0) is 48.7 Å². The Balaban J connectivity index is 1.56. The molecule has 0 aliphatic rings. The summed E-state index contributed by atoms with van der Waals surface area (Å²) in [6, 6.07) is 12.3. The van der Waals surface area contributed by atoms with Gasteiger partial charge in [0.25, 0.3) is 0 Å². The van der Waals surface area contributed by atoms with E-state index in [1.807, 2.05) is 25.1 Å². The number of nitrogens with zero attached hydrogens (tertiary/aromatic N) is 3. The van der Waals surface area contributed by atoms with E-state index in [0.717, 1.165) is 22.6 Å². The monoisotopic (exact) mass is 398 g/mol. The average Bonchev–Trinajstić information content (AvgIpc) is 2.67. The lowest BCUT2D eigenvalue weighted by atomic mass is 10.1. The maximum absolute atomic E-state index is 11.3. The fraction of sp³-hybridized carbons (Fsp3) is 0.211. The van der Waals surface area contributed by atoms with Gasteiger partial charge in [-0.15, -0.1) is 0 Å². The quantitative estimate of drug-likeness (QED) is 0.531. The van der Waals surface area contributed by atoms with Gasteiger partial charge in [0, 0.05) is 37.2 Å². The third-order valence-electron chi connectivity index (χ3n) is 4.03. The SMILES string of the molecule is Cc1cc(NCc2ccncc2)nc(NCCc2ccc(S(N)(=O)=O)cc2)n1. The lowest BCUT2D eigenvalue weighted by Gasteiger charge is -2.10. The maximum Gasteiger partial charge on any atom is 0.238 e. The zero-order valence-corrected chi connectivity index (χ0v) is 16.3. The van der Waals surface area contributed by atoms with Crippen LogP contribution in [0.4, 0.5) is 11.8 Å². The van der Waals surface area contributed by atoms with Gasteiger partial charge in [-0.1, -0.05) is 12.1 Å². The van der Waals surface area contributed by atoms with Crippen molar-refractivity contribution in [3.63, 3.8) is 0 Å². The fourth-order valence-corrected chi connectivity index (χ4v) is 3.11. The summed E-state index contributed by atoms with van der Waals surface area (Å²) < 4.78 is 22.6. The molecule has 9 heteroatoms. The normalized spacial score (nSPS) is 11.2. The lowest BCUT2D eigenvalue weighted by molar-refractivity contribution is 0.598. The molecule has 0 amide bonds. The minimum Gasteiger partial charge on any atom is -0.366 e. The van der Waals surface area contributed by atoms with Gasteiger partial charge in [0.05, 0.1) is 4.90 Å². The second kappa shape index (κ2) is 8.77. The molecule has 28 heavy (non-hydrogen) atoms. The number of hydrogen-bond donors (Lipinski definition) is 3. The molecule has 0 radical (unpaired) electrons. The molecule has 2 aromatic heterocycles. The highest BCUT2D eigenvalue weighted by Crippen LogP contribution is 2.12. The highest BCUT2D eigenvalue weighted by Gasteiger charge is 2.07. The van der Waals surface area contributed by atoms with Crippen molar-refractivity contribution in [2.75, 3.05) is 17.2 Å². The summed E-state index contributed by atoms with van der Waals surface area (Å²) in [7, 11) is -3.66. The molecule has 0 saturated heterocycles. The Morgan fingerprint density at radius 1 is 0.964 bits per heavy atom. The third-order valence-corrected chi connectivity index (χ3v) is 4.96. The van der Waals surface area contributed by atoms with E-state index in [-0.39, 0.29) is 4.90 Å². The van der Waals surface area contributed by atoms with Crippen molar-refractivity contribution in [2.45, 2.75) is 24.8 Å². The molecule has 1 aromatic carbocycles. The average molecular weight is 398 g/mol. The summed E-state index contributed by atoms with van der Waals surface area (Å²) >= 11 is 0. The first kappa shape index (κ1) is 19.7. The van der Waals surface area contributed by atoms with Crippen LogP contribution in [0.5, 0.6) is 0 Å². The molecule has 0 bridgehead atoms. The Morgan fingerprint density at radius 3 is 2.36 bits per heavy atom. The Hall–Kier alpha value is -3.04. The summed E-state index contributed by atoms with van der Waals surface area (Å²) in [4.78, 5) is 13.0. The van der Waals surface area contributed by atoms with E-state index in [0.29, 0.717) is 25.5 Å². The first-order chi connectivity index (χ1) is 13.4. The predicted molar refractivity (Wildman–Crippen MR) is 108 cm³/mol. The van der Waals surface area contributed by atoms with E-state index in [1.165, 1.54) is 12.1 Å². The second-order valence-corrected chi connectivity index (χ2v) is 7.85. The lowest BCUT2D eigenvalue weighted by Crippen LogP contribution is -2.12. The molecule has 4 N–H and O–H groups in total. The van der Waals surface area contributed by atoms with Crippen LogP contribution in [0.1, 0.15) is 16.8 Å². The van der Waals surface area contributed by atoms with Crippen LogP contribution < -0.4 is 15.8 Å². The minimum absolute atomic E-state index is 0.108. The standard InChI is InChI=1S/C19H22N6O2S/c1-14-12-18(23-13-16-6-9-21-10-7-16)25-19(24-14)22-11-8-15-2-4-17(5-3-15)28(20,26)27/h2-7,9-10,12H,8,11,13H2,1H3,(H2,20,26,27)(H2,22,23,24,25). The summed E-state index contributed by atoms with van der Waals surface area (Å²) in [5.41, 5.74) is 2.96. The van der Waals surface area contributed by atoms with E-state index >= 15 is 0 Å². The Morgan fingerprint density at radius 2 is 1.68 bits per heavy atom. The highest BCUT2D eigenvalue weighted by atomic mass is 32.2. The van der Waals surface area contributed by atoms with Gasteiger partial charge >= 0.3 is 0 Å². The molecule has 8 nitrogen and oxygen atoms in total. The van der Waals surface area contributed by atoms with Gasteiger partial charge in [0.15, 0.2) is 0 Å². The zero-order chi connectivity index (χ0) is 20.0. The summed E-state index contributed by atoms with van der Waals surface area (Å²) in [6.45, 7) is 3.17. The third kappa shape index (κ3) is 5.73.